The van der Waals surface area contributed by atoms with Gasteiger partial charge in [0.25, 0.3) is 0 Å². The number of aromatic carboxylic acids is 1. The monoisotopic (exact) mass is 497 g/mol. The van der Waals surface area contributed by atoms with Crippen LogP contribution in [0.5, 0.6) is 0 Å². The van der Waals surface area contributed by atoms with E-state index in [1.807, 2.05) is 4.90 Å². The molecule has 0 aliphatic carbocycles. The maximum Gasteiger partial charge on any atom is 0.412 e. The maximum absolute atomic E-state index is 14.3. The number of carboxylic acids is 1. The van der Waals surface area contributed by atoms with Crippen molar-refractivity contribution in [2.45, 2.75) is 31.5 Å². The van der Waals surface area contributed by atoms with Crippen molar-refractivity contribution in [1.82, 2.24) is 14.8 Å². The van der Waals surface area contributed by atoms with Crippen LogP contribution in [0.2, 0.25) is 0 Å². The molecule has 1 atom stereocenters. The molecule has 3 aliphatic heterocycles. The van der Waals surface area contributed by atoms with Gasteiger partial charge in [-0.1, -0.05) is 18.2 Å². The number of fused-ring (bicyclic) bond motifs is 1. The predicted octanol–water partition coefficient (Wildman–Crippen LogP) is 4.84. The van der Waals surface area contributed by atoms with Gasteiger partial charge in [0.05, 0.1) is 10.7 Å². The Kier molecular flexibility index (Phi) is 6.39. The van der Waals surface area contributed by atoms with E-state index < -0.39 is 35.5 Å². The van der Waals surface area contributed by atoms with Crippen LogP contribution in [-0.2, 0) is 0 Å². The summed E-state index contributed by atoms with van der Waals surface area (Å²) >= 11 is 6.15. The normalized spacial score (nSPS) is 19.5. The van der Waals surface area contributed by atoms with Gasteiger partial charge in [0, 0.05) is 36.6 Å². The van der Waals surface area contributed by atoms with Crippen molar-refractivity contribution in [3.05, 3.63) is 70.8 Å². The topological polar surface area (TPSA) is 81.1 Å². The summed E-state index contributed by atoms with van der Waals surface area (Å²) in [7, 11) is 0. The maximum atomic E-state index is 14.3. The molecular formula is C22H20ClF4N5O2. The molecule has 34 heavy (non-hydrogen) atoms. The number of alkyl halides is 3. The minimum Gasteiger partial charge on any atom is -0.476 e. The van der Waals surface area contributed by atoms with Gasteiger partial charge in [0.2, 0.25) is 5.95 Å². The van der Waals surface area contributed by atoms with Crippen molar-refractivity contribution in [3.63, 3.8) is 0 Å². The third kappa shape index (κ3) is 4.79. The number of amidine groups is 1. The standard InChI is InChI=1S/C22H20ClF4N5O2/c1-12-9-17(31-7-3-2-4-8-31)30-20-14(10-13(23)11-32(12)20)19(22(25,26)27)28-15-5-6-16(24)29-18(15)21(33)34/h5-6,9-11,19,28H,1-4,7-8H2,(H,33,34)/t19-/m0/s1. The van der Waals surface area contributed by atoms with Gasteiger partial charge in [-0.15, -0.1) is 0 Å². The fourth-order valence-electron chi connectivity index (χ4n) is 3.97. The molecule has 2 N–H and O–H groups in total. The SMILES string of the molecule is C=C1C=C(N2CCCCC2)N=C2C([C@H](Nc3ccc(F)nc3C(=O)O)C(F)(F)F)=CC(Cl)=CN12. The number of aromatic nitrogens is 1. The minimum absolute atomic E-state index is 0.00309. The second-order valence-electron chi connectivity index (χ2n) is 7.91. The van der Waals surface area contributed by atoms with E-state index in [0.717, 1.165) is 50.6 Å². The molecule has 7 nitrogen and oxygen atoms in total. The number of anilines is 1. The summed E-state index contributed by atoms with van der Waals surface area (Å²) in [6, 6.07) is -0.757. The van der Waals surface area contributed by atoms with E-state index in [-0.39, 0.29) is 16.4 Å². The molecule has 12 heteroatoms. The summed E-state index contributed by atoms with van der Waals surface area (Å²) in [5, 5.41) is 11.5. The van der Waals surface area contributed by atoms with Crippen LogP contribution in [0.15, 0.2) is 64.2 Å². The molecule has 0 saturated carbocycles. The first kappa shape index (κ1) is 23.8. The molecule has 1 aromatic heterocycles. The number of allylic oxidation sites excluding steroid dienone is 3. The fraction of sp³-hybridized carbons (Fsp3) is 0.318. The van der Waals surface area contributed by atoms with Crippen molar-refractivity contribution in [1.29, 1.82) is 0 Å². The molecule has 0 spiro atoms. The molecule has 0 amide bonds. The van der Waals surface area contributed by atoms with E-state index in [0.29, 0.717) is 11.5 Å². The Morgan fingerprint density at radius 3 is 2.56 bits per heavy atom. The number of halogens is 5. The number of hydrogen-bond acceptors (Lipinski definition) is 6. The molecule has 1 fully saturated rings. The quantitative estimate of drug-likeness (QED) is 0.448. The lowest BCUT2D eigenvalue weighted by Gasteiger charge is -2.38. The average Bonchev–Trinajstić information content (AvgIpc) is 2.78. The Morgan fingerprint density at radius 1 is 1.21 bits per heavy atom. The zero-order chi connectivity index (χ0) is 24.6. The summed E-state index contributed by atoms with van der Waals surface area (Å²) in [5.41, 5.74) is -1.35. The smallest absolute Gasteiger partial charge is 0.412 e. The third-order valence-electron chi connectivity index (χ3n) is 5.54. The first-order chi connectivity index (χ1) is 16.0. The Morgan fingerprint density at radius 2 is 1.91 bits per heavy atom. The zero-order valence-electron chi connectivity index (χ0n) is 17.7. The number of piperidine rings is 1. The summed E-state index contributed by atoms with van der Waals surface area (Å²) in [6.45, 7) is 5.38. The molecule has 4 heterocycles. The summed E-state index contributed by atoms with van der Waals surface area (Å²) < 4.78 is 56.4. The molecule has 180 valence electrons. The summed E-state index contributed by atoms with van der Waals surface area (Å²) in [6.07, 6.45) is 2.25. The number of rotatable bonds is 5. The number of carboxylic acid groups (broad SMARTS) is 1. The van der Waals surface area contributed by atoms with Crippen LogP contribution < -0.4 is 5.32 Å². The van der Waals surface area contributed by atoms with Crippen molar-refractivity contribution >= 4 is 29.1 Å². The van der Waals surface area contributed by atoms with Crippen LogP contribution >= 0.6 is 11.6 Å². The highest BCUT2D eigenvalue weighted by Crippen LogP contribution is 2.37. The van der Waals surface area contributed by atoms with E-state index in [1.165, 1.54) is 11.1 Å². The van der Waals surface area contributed by atoms with Crippen molar-refractivity contribution in [2.24, 2.45) is 4.99 Å². The van der Waals surface area contributed by atoms with Crippen molar-refractivity contribution in [2.75, 3.05) is 18.4 Å². The Bertz CT molecular complexity index is 1150. The van der Waals surface area contributed by atoms with E-state index >= 15 is 0 Å². The summed E-state index contributed by atoms with van der Waals surface area (Å²) in [4.78, 5) is 22.5. The Balaban J connectivity index is 1.77. The molecular weight excluding hydrogens is 478 g/mol. The number of pyridine rings is 1. The van der Waals surface area contributed by atoms with Gasteiger partial charge >= 0.3 is 12.1 Å². The van der Waals surface area contributed by atoms with E-state index in [2.05, 4.69) is 21.9 Å². The molecule has 0 bridgehead atoms. The van der Waals surface area contributed by atoms with Gasteiger partial charge < -0.3 is 20.2 Å². The molecule has 0 aromatic carbocycles. The minimum atomic E-state index is -4.90. The molecule has 4 rings (SSSR count). The largest absolute Gasteiger partial charge is 0.476 e. The number of aliphatic imine (C=N–C) groups is 1. The number of nitrogens with one attached hydrogen (secondary N) is 1. The fourth-order valence-corrected chi connectivity index (χ4v) is 4.19. The van der Waals surface area contributed by atoms with Gasteiger partial charge in [-0.2, -0.15) is 17.6 Å². The van der Waals surface area contributed by atoms with Crippen LogP contribution in [0.3, 0.4) is 0 Å². The average molecular weight is 498 g/mol. The lowest BCUT2D eigenvalue weighted by Crippen LogP contribution is -2.46. The second-order valence-corrected chi connectivity index (χ2v) is 8.35. The second kappa shape index (κ2) is 9.13. The highest BCUT2D eigenvalue weighted by molar-refractivity contribution is 6.32. The molecule has 0 radical (unpaired) electrons. The van der Waals surface area contributed by atoms with Gasteiger partial charge in [-0.3, -0.25) is 0 Å². The van der Waals surface area contributed by atoms with Crippen molar-refractivity contribution in [3.8, 4) is 0 Å². The van der Waals surface area contributed by atoms with Gasteiger partial charge in [-0.05, 0) is 37.5 Å². The van der Waals surface area contributed by atoms with Crippen LogP contribution in [0.4, 0.5) is 23.2 Å². The van der Waals surface area contributed by atoms with E-state index in [9.17, 15) is 27.5 Å². The molecule has 3 aliphatic rings. The summed E-state index contributed by atoms with van der Waals surface area (Å²) in [5.74, 6) is -2.37. The van der Waals surface area contributed by atoms with Crippen LogP contribution in [0.25, 0.3) is 0 Å². The number of likely N-dealkylation sites (tertiary alicyclic amines) is 1. The van der Waals surface area contributed by atoms with Gasteiger partial charge in [-0.25, -0.2) is 14.8 Å². The highest BCUT2D eigenvalue weighted by atomic mass is 35.5. The van der Waals surface area contributed by atoms with E-state index in [4.69, 9.17) is 11.6 Å². The van der Waals surface area contributed by atoms with E-state index in [1.54, 1.807) is 6.08 Å². The third-order valence-corrected chi connectivity index (χ3v) is 5.75. The first-order valence-corrected chi connectivity index (χ1v) is 10.8. The van der Waals surface area contributed by atoms with Crippen LogP contribution in [-0.4, -0.2) is 57.0 Å². The number of hydrogen-bond donors (Lipinski definition) is 2. The van der Waals surface area contributed by atoms with Crippen molar-refractivity contribution < 1.29 is 27.5 Å². The van der Waals surface area contributed by atoms with Gasteiger partial charge in [0.1, 0.15) is 11.7 Å². The lowest BCUT2D eigenvalue weighted by molar-refractivity contribution is -0.133. The molecule has 1 saturated heterocycles. The number of nitrogens with zero attached hydrogens (tertiary/aromatic N) is 4. The first-order valence-electron chi connectivity index (χ1n) is 10.4. The highest BCUT2D eigenvalue weighted by Gasteiger charge is 2.46. The predicted molar refractivity (Wildman–Crippen MR) is 119 cm³/mol. The molecule has 1 aromatic rings. The molecule has 0 unspecified atom stereocenters. The van der Waals surface area contributed by atoms with Crippen LogP contribution in [0.1, 0.15) is 29.8 Å². The Labute approximate surface area is 197 Å². The van der Waals surface area contributed by atoms with Crippen LogP contribution in [0, 0.1) is 5.95 Å². The lowest BCUT2D eigenvalue weighted by atomic mass is 9.99. The Hall–Kier alpha value is -3.34. The zero-order valence-corrected chi connectivity index (χ0v) is 18.5. The van der Waals surface area contributed by atoms with Gasteiger partial charge in [0.15, 0.2) is 11.7 Å². The number of carbonyl (C=O) groups is 1.